The van der Waals surface area contributed by atoms with Crippen LogP contribution >= 0.6 is 0 Å². The number of pyridine rings is 1. The lowest BCUT2D eigenvalue weighted by Gasteiger charge is -2.23. The number of nitrogens with zero attached hydrogens (tertiary/aromatic N) is 1. The van der Waals surface area contributed by atoms with E-state index < -0.39 is 0 Å². The van der Waals surface area contributed by atoms with Crippen molar-refractivity contribution in [3.05, 3.63) is 30.1 Å². The van der Waals surface area contributed by atoms with Crippen LogP contribution in [0.1, 0.15) is 57.4 Å². The van der Waals surface area contributed by atoms with Gasteiger partial charge in [0.15, 0.2) is 0 Å². The van der Waals surface area contributed by atoms with Crippen molar-refractivity contribution in [3.63, 3.8) is 0 Å². The Morgan fingerprint density at radius 1 is 1.26 bits per heavy atom. The molecule has 1 heterocycles. The average Bonchev–Trinajstić information content (AvgIpc) is 2.69. The smallest absolute Gasteiger partial charge is 0.0300 e. The molecule has 1 aliphatic rings. The second-order valence-electron chi connectivity index (χ2n) is 5.91. The van der Waals surface area contributed by atoms with E-state index in [1.165, 1.54) is 50.5 Å². The molecule has 1 unspecified atom stereocenters. The monoisotopic (exact) mass is 260 g/mol. The number of nitrogens with one attached hydrogen (secondary N) is 1. The Morgan fingerprint density at radius 3 is 2.68 bits per heavy atom. The van der Waals surface area contributed by atoms with Crippen molar-refractivity contribution >= 4 is 0 Å². The summed E-state index contributed by atoms with van der Waals surface area (Å²) in [4.78, 5) is 4.23. The molecule has 2 heteroatoms. The first-order chi connectivity index (χ1) is 9.38. The quantitative estimate of drug-likeness (QED) is 0.783. The first kappa shape index (κ1) is 14.5. The van der Waals surface area contributed by atoms with Crippen LogP contribution in [0, 0.1) is 5.92 Å². The van der Waals surface area contributed by atoms with Crippen LogP contribution in [0.5, 0.6) is 0 Å². The fraction of sp³-hybridized carbons (Fsp3) is 0.706. The highest BCUT2D eigenvalue weighted by Crippen LogP contribution is 2.27. The van der Waals surface area contributed by atoms with Crippen molar-refractivity contribution in [1.82, 2.24) is 10.3 Å². The molecule has 1 atom stereocenters. The summed E-state index contributed by atoms with van der Waals surface area (Å²) in [6, 6.07) is 4.87. The van der Waals surface area contributed by atoms with E-state index in [1.807, 2.05) is 18.5 Å². The van der Waals surface area contributed by atoms with Gasteiger partial charge >= 0.3 is 0 Å². The van der Waals surface area contributed by atoms with E-state index in [9.17, 15) is 0 Å². The summed E-state index contributed by atoms with van der Waals surface area (Å²) < 4.78 is 0. The van der Waals surface area contributed by atoms with Crippen LogP contribution in [0.4, 0.5) is 0 Å². The fourth-order valence-electron chi connectivity index (χ4n) is 3.33. The van der Waals surface area contributed by atoms with Gasteiger partial charge in [-0.15, -0.1) is 0 Å². The Kier molecular flexibility index (Phi) is 6.35. The highest BCUT2D eigenvalue weighted by Gasteiger charge is 2.18. The average molecular weight is 260 g/mol. The third kappa shape index (κ3) is 5.32. The predicted molar refractivity (Wildman–Crippen MR) is 81.2 cm³/mol. The minimum Gasteiger partial charge on any atom is -0.314 e. The lowest BCUT2D eigenvalue weighted by Crippen LogP contribution is -2.33. The van der Waals surface area contributed by atoms with E-state index in [-0.39, 0.29) is 0 Å². The zero-order valence-electron chi connectivity index (χ0n) is 12.3. The van der Waals surface area contributed by atoms with Gasteiger partial charge in [0, 0.05) is 18.4 Å². The maximum Gasteiger partial charge on any atom is 0.0300 e. The normalized spacial score (nSPS) is 19.0. The van der Waals surface area contributed by atoms with Gasteiger partial charge in [-0.25, -0.2) is 0 Å². The van der Waals surface area contributed by atoms with Crippen molar-refractivity contribution in [1.29, 1.82) is 0 Å². The zero-order valence-corrected chi connectivity index (χ0v) is 12.3. The molecule has 1 N–H and O–H groups in total. The molecule has 1 aromatic rings. The molecular weight excluding hydrogens is 232 g/mol. The third-order valence-electron chi connectivity index (χ3n) is 4.29. The van der Waals surface area contributed by atoms with E-state index in [1.54, 1.807) is 0 Å². The van der Waals surface area contributed by atoms with E-state index in [4.69, 9.17) is 0 Å². The summed E-state index contributed by atoms with van der Waals surface area (Å²) in [6.45, 7) is 3.28. The third-order valence-corrected chi connectivity index (χ3v) is 4.29. The summed E-state index contributed by atoms with van der Waals surface area (Å²) in [6.07, 6.45) is 15.0. The second-order valence-corrected chi connectivity index (χ2v) is 5.91. The Hall–Kier alpha value is -0.890. The SMILES string of the molecule is CCNC(Cc1cccnc1)CC1CCCCCC1. The van der Waals surface area contributed by atoms with Gasteiger partial charge in [-0.2, -0.15) is 0 Å². The summed E-state index contributed by atoms with van der Waals surface area (Å²) in [5, 5.41) is 3.67. The molecular formula is C17H28N2. The Balaban J connectivity index is 1.87. The number of likely N-dealkylation sites (N-methyl/N-ethyl adjacent to an activating group) is 1. The topological polar surface area (TPSA) is 24.9 Å². The summed E-state index contributed by atoms with van der Waals surface area (Å²) in [5.74, 6) is 0.934. The number of hydrogen-bond donors (Lipinski definition) is 1. The highest BCUT2D eigenvalue weighted by molar-refractivity contribution is 5.10. The molecule has 106 valence electrons. The van der Waals surface area contributed by atoms with Gasteiger partial charge in [0.05, 0.1) is 0 Å². The zero-order chi connectivity index (χ0) is 13.3. The van der Waals surface area contributed by atoms with Crippen LogP contribution in [-0.2, 0) is 6.42 Å². The first-order valence-corrected chi connectivity index (χ1v) is 8.00. The fourth-order valence-corrected chi connectivity index (χ4v) is 3.33. The molecule has 0 saturated heterocycles. The van der Waals surface area contributed by atoms with Crippen LogP contribution in [-0.4, -0.2) is 17.6 Å². The van der Waals surface area contributed by atoms with Gasteiger partial charge in [0.25, 0.3) is 0 Å². The largest absolute Gasteiger partial charge is 0.314 e. The van der Waals surface area contributed by atoms with Crippen LogP contribution in [0.25, 0.3) is 0 Å². The molecule has 0 radical (unpaired) electrons. The maximum absolute atomic E-state index is 4.23. The molecule has 1 saturated carbocycles. The maximum atomic E-state index is 4.23. The van der Waals surface area contributed by atoms with Crippen LogP contribution in [0.2, 0.25) is 0 Å². The molecule has 2 nitrogen and oxygen atoms in total. The highest BCUT2D eigenvalue weighted by atomic mass is 14.9. The molecule has 1 fully saturated rings. The van der Waals surface area contributed by atoms with Crippen molar-refractivity contribution in [2.75, 3.05) is 6.54 Å². The van der Waals surface area contributed by atoms with E-state index in [2.05, 4.69) is 23.3 Å². The number of aromatic nitrogens is 1. The van der Waals surface area contributed by atoms with Crippen molar-refractivity contribution in [3.8, 4) is 0 Å². The van der Waals surface area contributed by atoms with Gasteiger partial charge in [-0.05, 0) is 36.9 Å². The van der Waals surface area contributed by atoms with Gasteiger partial charge in [-0.1, -0.05) is 51.5 Å². The molecule has 1 aliphatic carbocycles. The molecule has 19 heavy (non-hydrogen) atoms. The number of rotatable bonds is 6. The van der Waals surface area contributed by atoms with Gasteiger partial charge in [0.2, 0.25) is 0 Å². The van der Waals surface area contributed by atoms with Gasteiger partial charge in [-0.3, -0.25) is 4.98 Å². The van der Waals surface area contributed by atoms with Gasteiger partial charge in [0.1, 0.15) is 0 Å². The van der Waals surface area contributed by atoms with Crippen molar-refractivity contribution in [2.45, 2.75) is 64.3 Å². The standard InChI is InChI=1S/C17H28N2/c1-2-19-17(13-16-10-7-11-18-14-16)12-15-8-5-3-4-6-9-15/h7,10-11,14-15,17,19H,2-6,8-9,12-13H2,1H3. The Bertz CT molecular complexity index is 328. The summed E-state index contributed by atoms with van der Waals surface area (Å²) in [5.41, 5.74) is 1.36. The predicted octanol–water partition coefficient (Wildman–Crippen LogP) is 3.96. The van der Waals surface area contributed by atoms with E-state index in [0.717, 1.165) is 18.9 Å². The summed E-state index contributed by atoms with van der Waals surface area (Å²) in [7, 11) is 0. The van der Waals surface area contributed by atoms with Crippen LogP contribution in [0.15, 0.2) is 24.5 Å². The van der Waals surface area contributed by atoms with Crippen molar-refractivity contribution in [2.24, 2.45) is 5.92 Å². The molecule has 0 amide bonds. The van der Waals surface area contributed by atoms with Gasteiger partial charge < -0.3 is 5.32 Å². The van der Waals surface area contributed by atoms with E-state index >= 15 is 0 Å². The minimum atomic E-state index is 0.622. The summed E-state index contributed by atoms with van der Waals surface area (Å²) >= 11 is 0. The number of hydrogen-bond acceptors (Lipinski definition) is 2. The van der Waals surface area contributed by atoms with Crippen LogP contribution < -0.4 is 5.32 Å². The lowest BCUT2D eigenvalue weighted by atomic mass is 9.90. The molecule has 0 aliphatic heterocycles. The molecule has 0 spiro atoms. The second kappa shape index (κ2) is 8.31. The first-order valence-electron chi connectivity index (χ1n) is 8.00. The molecule has 0 bridgehead atoms. The Morgan fingerprint density at radius 2 is 2.05 bits per heavy atom. The van der Waals surface area contributed by atoms with Crippen LogP contribution in [0.3, 0.4) is 0 Å². The lowest BCUT2D eigenvalue weighted by molar-refractivity contribution is 0.353. The molecule has 2 rings (SSSR count). The Labute approximate surface area is 118 Å². The van der Waals surface area contributed by atoms with E-state index in [0.29, 0.717) is 6.04 Å². The molecule has 1 aromatic heterocycles. The minimum absolute atomic E-state index is 0.622. The van der Waals surface area contributed by atoms with Crippen molar-refractivity contribution < 1.29 is 0 Å². The molecule has 0 aromatic carbocycles.